The molecular formula is C15H13ClFNO2. The van der Waals surface area contributed by atoms with Gasteiger partial charge in [-0.25, -0.2) is 9.37 Å². The lowest BCUT2D eigenvalue weighted by Gasteiger charge is -2.13. The zero-order valence-corrected chi connectivity index (χ0v) is 11.3. The number of halogens is 2. The summed E-state index contributed by atoms with van der Waals surface area (Å²) in [6, 6.07) is 9.54. The standard InChI is InChI=1S/C15H13ClFNO2/c16-14-8-10(5-6-18-14)7-12(15(19)20)9-11-3-1-2-4-13(11)17/h1-6,8,12H,7,9H2,(H,19,20). The zero-order valence-electron chi connectivity index (χ0n) is 10.6. The van der Waals surface area contributed by atoms with Crippen LogP contribution in [0.1, 0.15) is 11.1 Å². The third kappa shape index (κ3) is 3.78. The van der Waals surface area contributed by atoms with Gasteiger partial charge in [-0.3, -0.25) is 4.79 Å². The fraction of sp³-hybridized carbons (Fsp3) is 0.200. The first kappa shape index (κ1) is 14.5. The summed E-state index contributed by atoms with van der Waals surface area (Å²) >= 11 is 5.77. The van der Waals surface area contributed by atoms with E-state index in [4.69, 9.17) is 11.6 Å². The van der Waals surface area contributed by atoms with E-state index >= 15 is 0 Å². The van der Waals surface area contributed by atoms with Crippen molar-refractivity contribution in [3.05, 3.63) is 64.7 Å². The van der Waals surface area contributed by atoms with E-state index in [1.165, 1.54) is 12.3 Å². The second kappa shape index (κ2) is 6.48. The van der Waals surface area contributed by atoms with E-state index in [-0.39, 0.29) is 18.7 Å². The van der Waals surface area contributed by atoms with Gasteiger partial charge in [0.05, 0.1) is 5.92 Å². The van der Waals surface area contributed by atoms with Crippen molar-refractivity contribution in [3.63, 3.8) is 0 Å². The Labute approximate surface area is 121 Å². The first-order chi connectivity index (χ1) is 9.56. The van der Waals surface area contributed by atoms with Gasteiger partial charge in [-0.1, -0.05) is 29.8 Å². The maximum Gasteiger partial charge on any atom is 0.307 e. The Morgan fingerprint density at radius 1 is 1.30 bits per heavy atom. The van der Waals surface area contributed by atoms with Crippen LogP contribution in [0.4, 0.5) is 4.39 Å². The Bertz CT molecular complexity index is 618. The van der Waals surface area contributed by atoms with E-state index in [0.717, 1.165) is 5.56 Å². The minimum Gasteiger partial charge on any atom is -0.481 e. The van der Waals surface area contributed by atoms with Gasteiger partial charge in [-0.2, -0.15) is 0 Å². The van der Waals surface area contributed by atoms with Gasteiger partial charge < -0.3 is 5.11 Å². The summed E-state index contributed by atoms with van der Waals surface area (Å²) in [7, 11) is 0. The van der Waals surface area contributed by atoms with Crippen molar-refractivity contribution in [1.82, 2.24) is 4.98 Å². The highest BCUT2D eigenvalue weighted by atomic mass is 35.5. The molecule has 5 heteroatoms. The normalized spacial score (nSPS) is 12.1. The van der Waals surface area contributed by atoms with Crippen LogP contribution in [0.25, 0.3) is 0 Å². The third-order valence-electron chi connectivity index (χ3n) is 3.05. The largest absolute Gasteiger partial charge is 0.481 e. The van der Waals surface area contributed by atoms with E-state index in [1.807, 2.05) is 0 Å². The molecule has 2 rings (SSSR count). The van der Waals surface area contributed by atoms with Gasteiger partial charge in [-0.05, 0) is 42.2 Å². The maximum absolute atomic E-state index is 13.6. The molecule has 2 aromatic rings. The Morgan fingerprint density at radius 3 is 2.70 bits per heavy atom. The molecule has 0 spiro atoms. The molecule has 3 nitrogen and oxygen atoms in total. The van der Waals surface area contributed by atoms with Gasteiger partial charge in [0.25, 0.3) is 0 Å². The van der Waals surface area contributed by atoms with E-state index in [9.17, 15) is 14.3 Å². The lowest BCUT2D eigenvalue weighted by Crippen LogP contribution is -2.19. The molecule has 0 aliphatic rings. The fourth-order valence-electron chi connectivity index (χ4n) is 2.03. The van der Waals surface area contributed by atoms with Crippen LogP contribution in [0.5, 0.6) is 0 Å². The predicted molar refractivity (Wildman–Crippen MR) is 74.2 cm³/mol. The molecule has 0 saturated carbocycles. The van der Waals surface area contributed by atoms with Crippen LogP contribution in [-0.2, 0) is 17.6 Å². The highest BCUT2D eigenvalue weighted by Crippen LogP contribution is 2.18. The van der Waals surface area contributed by atoms with Crippen LogP contribution in [0, 0.1) is 11.7 Å². The van der Waals surface area contributed by atoms with Crippen molar-refractivity contribution < 1.29 is 14.3 Å². The Kier molecular flexibility index (Phi) is 4.69. The van der Waals surface area contributed by atoms with Crippen molar-refractivity contribution >= 4 is 17.6 Å². The number of carbonyl (C=O) groups is 1. The summed E-state index contributed by atoms with van der Waals surface area (Å²) < 4.78 is 13.6. The number of hydrogen-bond donors (Lipinski definition) is 1. The molecule has 0 amide bonds. The first-order valence-electron chi connectivity index (χ1n) is 6.13. The van der Waals surface area contributed by atoms with Crippen LogP contribution >= 0.6 is 11.6 Å². The summed E-state index contributed by atoms with van der Waals surface area (Å²) in [6.45, 7) is 0. The number of aliphatic carboxylic acids is 1. The second-order valence-electron chi connectivity index (χ2n) is 4.52. The number of rotatable bonds is 5. The molecule has 20 heavy (non-hydrogen) atoms. The van der Waals surface area contributed by atoms with Crippen LogP contribution in [0.2, 0.25) is 5.15 Å². The molecule has 1 heterocycles. The van der Waals surface area contributed by atoms with Gasteiger partial charge >= 0.3 is 5.97 Å². The zero-order chi connectivity index (χ0) is 14.5. The van der Waals surface area contributed by atoms with Crippen LogP contribution < -0.4 is 0 Å². The van der Waals surface area contributed by atoms with E-state index in [1.54, 1.807) is 30.3 Å². The molecule has 0 bridgehead atoms. The number of hydrogen-bond acceptors (Lipinski definition) is 2. The monoisotopic (exact) mass is 293 g/mol. The molecule has 0 aliphatic carbocycles. The summed E-state index contributed by atoms with van der Waals surface area (Å²) in [5, 5.41) is 9.60. The van der Waals surface area contributed by atoms with Crippen molar-refractivity contribution in [1.29, 1.82) is 0 Å². The van der Waals surface area contributed by atoms with Crippen molar-refractivity contribution in [2.24, 2.45) is 5.92 Å². The predicted octanol–water partition coefficient (Wildman–Crippen LogP) is 3.36. The summed E-state index contributed by atoms with van der Waals surface area (Å²) in [6.07, 6.45) is 1.95. The number of nitrogens with zero attached hydrogens (tertiary/aromatic N) is 1. The topological polar surface area (TPSA) is 50.2 Å². The highest BCUT2D eigenvalue weighted by Gasteiger charge is 2.20. The third-order valence-corrected chi connectivity index (χ3v) is 3.25. The van der Waals surface area contributed by atoms with Gasteiger partial charge in [0.2, 0.25) is 0 Å². The average molecular weight is 294 g/mol. The van der Waals surface area contributed by atoms with E-state index in [0.29, 0.717) is 10.7 Å². The molecule has 104 valence electrons. The first-order valence-corrected chi connectivity index (χ1v) is 6.50. The molecule has 0 aliphatic heterocycles. The van der Waals surface area contributed by atoms with Crippen LogP contribution in [0.15, 0.2) is 42.6 Å². The summed E-state index contributed by atoms with van der Waals surface area (Å²) in [5.41, 5.74) is 1.17. The summed E-state index contributed by atoms with van der Waals surface area (Å²) in [4.78, 5) is 15.2. The molecule has 1 aromatic heterocycles. The number of carboxylic acids is 1. The van der Waals surface area contributed by atoms with Gasteiger partial charge in [0.1, 0.15) is 11.0 Å². The number of carboxylic acid groups (broad SMARTS) is 1. The van der Waals surface area contributed by atoms with Crippen molar-refractivity contribution in [2.75, 3.05) is 0 Å². The minimum absolute atomic E-state index is 0.141. The smallest absolute Gasteiger partial charge is 0.307 e. The molecule has 1 unspecified atom stereocenters. The molecule has 1 N–H and O–H groups in total. The van der Waals surface area contributed by atoms with Gasteiger partial charge in [0.15, 0.2) is 0 Å². The Hall–Kier alpha value is -1.94. The average Bonchev–Trinajstić information content (AvgIpc) is 2.40. The number of benzene rings is 1. The number of aromatic nitrogens is 1. The lowest BCUT2D eigenvalue weighted by atomic mass is 9.93. The minimum atomic E-state index is -0.957. The van der Waals surface area contributed by atoms with E-state index in [2.05, 4.69) is 4.98 Å². The molecule has 0 fully saturated rings. The van der Waals surface area contributed by atoms with Crippen molar-refractivity contribution in [3.8, 4) is 0 Å². The van der Waals surface area contributed by atoms with Gasteiger partial charge in [0, 0.05) is 6.20 Å². The second-order valence-corrected chi connectivity index (χ2v) is 4.91. The highest BCUT2D eigenvalue weighted by molar-refractivity contribution is 6.29. The lowest BCUT2D eigenvalue weighted by molar-refractivity contribution is -0.141. The maximum atomic E-state index is 13.6. The molecule has 0 radical (unpaired) electrons. The van der Waals surface area contributed by atoms with Crippen molar-refractivity contribution in [2.45, 2.75) is 12.8 Å². The fourth-order valence-corrected chi connectivity index (χ4v) is 2.23. The SMILES string of the molecule is O=C(O)C(Cc1ccnc(Cl)c1)Cc1ccccc1F. The Balaban J connectivity index is 2.16. The summed E-state index contributed by atoms with van der Waals surface area (Å²) in [5.74, 6) is -2.04. The van der Waals surface area contributed by atoms with E-state index < -0.39 is 11.9 Å². The molecule has 1 aromatic carbocycles. The van der Waals surface area contributed by atoms with Gasteiger partial charge in [-0.15, -0.1) is 0 Å². The number of pyridine rings is 1. The molecule has 0 saturated heterocycles. The van der Waals surface area contributed by atoms with Crippen LogP contribution in [-0.4, -0.2) is 16.1 Å². The quantitative estimate of drug-likeness (QED) is 0.860. The Morgan fingerprint density at radius 2 is 2.05 bits per heavy atom. The van der Waals surface area contributed by atoms with Crippen LogP contribution in [0.3, 0.4) is 0 Å². The molecule has 1 atom stereocenters. The molecular weight excluding hydrogens is 281 g/mol.